The number of para-hydroxylation sites is 1. The average Bonchev–Trinajstić information content (AvgIpc) is 3.24. The van der Waals surface area contributed by atoms with Crippen LogP contribution in [0.25, 0.3) is 22.3 Å². The number of nitrogens with zero attached hydrogens (tertiary/aromatic N) is 1. The molecule has 0 saturated carbocycles. The third kappa shape index (κ3) is 2.60. The molecule has 5 rings (SSSR count). The summed E-state index contributed by atoms with van der Waals surface area (Å²) in [7, 11) is 1.58. The number of carbonyl (C=O) groups is 1. The first-order chi connectivity index (χ1) is 14.0. The monoisotopic (exact) mass is 450 g/mol. The number of hydrogen-bond donors (Lipinski definition) is 3. The fourth-order valence-electron chi connectivity index (χ4n) is 3.96. The number of fused-ring (bicyclic) bond motifs is 2. The van der Waals surface area contributed by atoms with E-state index in [4.69, 9.17) is 0 Å². The second kappa shape index (κ2) is 6.31. The van der Waals surface area contributed by atoms with E-state index in [9.17, 15) is 14.4 Å². The number of hydrogen-bond acceptors (Lipinski definition) is 3. The minimum atomic E-state index is -0.669. The summed E-state index contributed by atoms with van der Waals surface area (Å²) in [5, 5.41) is 3.20. The van der Waals surface area contributed by atoms with Crippen LogP contribution in [-0.4, -0.2) is 20.4 Å². The van der Waals surface area contributed by atoms with Crippen LogP contribution < -0.4 is 16.6 Å². The lowest BCUT2D eigenvalue weighted by molar-refractivity contribution is -0.116. The lowest BCUT2D eigenvalue weighted by Crippen LogP contribution is -2.28. The van der Waals surface area contributed by atoms with E-state index in [0.717, 1.165) is 21.3 Å². The van der Waals surface area contributed by atoms with Crippen molar-refractivity contribution in [3.05, 3.63) is 85.0 Å². The molecule has 7 nitrogen and oxygen atoms in total. The number of H-pyrrole nitrogens is 2. The van der Waals surface area contributed by atoms with Crippen LogP contribution in [0.4, 0.5) is 5.69 Å². The van der Waals surface area contributed by atoms with E-state index in [1.807, 2.05) is 48.5 Å². The molecule has 0 aliphatic carbocycles. The van der Waals surface area contributed by atoms with Gasteiger partial charge in [0.1, 0.15) is 5.65 Å². The number of carbonyl (C=O) groups excluding carboxylic acids is 1. The lowest BCUT2D eigenvalue weighted by atomic mass is 9.89. The molecule has 8 heteroatoms. The van der Waals surface area contributed by atoms with Crippen molar-refractivity contribution in [3.63, 3.8) is 0 Å². The quantitative estimate of drug-likeness (QED) is 0.437. The van der Waals surface area contributed by atoms with Gasteiger partial charge in [-0.15, -0.1) is 0 Å². The normalized spacial score (nSPS) is 15.5. The standard InChI is InChI=1S/C21H15BrN4O3/c1-26-18-16(20(28)25-21(26)29)15(17(24-18)10-6-8-11(22)9-7-10)14-12-4-2-3-5-13(12)23-19(14)27/h2-9,14,24H,1H3,(H,23,27)(H,25,28,29)/t14-/m0/s1. The van der Waals surface area contributed by atoms with Gasteiger partial charge in [0.25, 0.3) is 5.56 Å². The molecule has 2 aromatic carbocycles. The van der Waals surface area contributed by atoms with Gasteiger partial charge in [0.05, 0.1) is 17.0 Å². The first kappa shape index (κ1) is 17.7. The maximum Gasteiger partial charge on any atom is 0.329 e. The van der Waals surface area contributed by atoms with Crippen molar-refractivity contribution in [1.29, 1.82) is 0 Å². The molecule has 0 saturated heterocycles. The molecule has 0 radical (unpaired) electrons. The van der Waals surface area contributed by atoms with Gasteiger partial charge in [-0.3, -0.25) is 19.1 Å². The third-order valence-electron chi connectivity index (χ3n) is 5.32. The van der Waals surface area contributed by atoms with Gasteiger partial charge in [0.2, 0.25) is 5.91 Å². The van der Waals surface area contributed by atoms with Crippen LogP contribution in [0.1, 0.15) is 17.0 Å². The highest BCUT2D eigenvalue weighted by Gasteiger charge is 2.37. The van der Waals surface area contributed by atoms with Crippen LogP contribution in [0.2, 0.25) is 0 Å². The first-order valence-electron chi connectivity index (χ1n) is 8.96. The number of halogens is 1. The number of rotatable bonds is 2. The Hall–Kier alpha value is -3.39. The molecule has 1 aliphatic rings. The molecule has 3 N–H and O–H groups in total. The molecule has 3 heterocycles. The van der Waals surface area contributed by atoms with E-state index in [1.54, 1.807) is 7.05 Å². The Bertz CT molecular complexity index is 1410. The largest absolute Gasteiger partial charge is 0.340 e. The summed E-state index contributed by atoms with van der Waals surface area (Å²) >= 11 is 3.43. The zero-order valence-electron chi connectivity index (χ0n) is 15.2. The van der Waals surface area contributed by atoms with Gasteiger partial charge in [0, 0.05) is 22.8 Å². The molecule has 4 aromatic rings. The Labute approximate surface area is 172 Å². The summed E-state index contributed by atoms with van der Waals surface area (Å²) in [5.41, 5.74) is 2.86. The van der Waals surface area contributed by atoms with Crippen LogP contribution in [0.15, 0.2) is 62.6 Å². The summed E-state index contributed by atoms with van der Waals surface area (Å²) in [4.78, 5) is 43.5. The van der Waals surface area contributed by atoms with Crippen molar-refractivity contribution in [2.24, 2.45) is 7.05 Å². The number of amides is 1. The van der Waals surface area contributed by atoms with Gasteiger partial charge < -0.3 is 10.3 Å². The fraction of sp³-hybridized carbons (Fsp3) is 0.0952. The Balaban J connectivity index is 1.91. The molecule has 1 aliphatic heterocycles. The van der Waals surface area contributed by atoms with E-state index in [-0.39, 0.29) is 5.91 Å². The predicted octanol–water partition coefficient (Wildman–Crippen LogP) is 3.07. The topological polar surface area (TPSA) is 99.8 Å². The minimum absolute atomic E-state index is 0.210. The SMILES string of the molecule is Cn1c(=O)[nH]c(=O)c2c([C@H]3C(=O)Nc4ccccc43)c(-c3ccc(Br)cc3)[nH]c21. The van der Waals surface area contributed by atoms with Crippen molar-refractivity contribution in [1.82, 2.24) is 14.5 Å². The zero-order valence-corrected chi connectivity index (χ0v) is 16.8. The van der Waals surface area contributed by atoms with Crippen LogP contribution in [0.3, 0.4) is 0 Å². The number of aromatic nitrogens is 3. The summed E-state index contributed by atoms with van der Waals surface area (Å²) in [6.07, 6.45) is 0. The number of anilines is 1. The summed E-state index contributed by atoms with van der Waals surface area (Å²) in [5.74, 6) is -0.879. The number of benzene rings is 2. The van der Waals surface area contributed by atoms with Gasteiger partial charge in [-0.2, -0.15) is 0 Å². The summed E-state index contributed by atoms with van der Waals surface area (Å²) in [6.45, 7) is 0. The highest BCUT2D eigenvalue weighted by atomic mass is 79.9. The maximum atomic E-state index is 13.0. The molecule has 0 bridgehead atoms. The van der Waals surface area contributed by atoms with E-state index >= 15 is 0 Å². The molecule has 1 atom stereocenters. The lowest BCUT2D eigenvalue weighted by Gasteiger charge is -2.11. The molecule has 0 spiro atoms. The van der Waals surface area contributed by atoms with E-state index in [1.165, 1.54) is 4.57 Å². The van der Waals surface area contributed by atoms with Crippen molar-refractivity contribution >= 4 is 38.6 Å². The van der Waals surface area contributed by atoms with Crippen LogP contribution >= 0.6 is 15.9 Å². The maximum absolute atomic E-state index is 13.0. The highest BCUT2D eigenvalue weighted by Crippen LogP contribution is 2.43. The number of aryl methyl sites for hydroxylation is 1. The summed E-state index contributed by atoms with van der Waals surface area (Å²) < 4.78 is 2.26. The van der Waals surface area contributed by atoms with Gasteiger partial charge >= 0.3 is 5.69 Å². The molecule has 0 unspecified atom stereocenters. The molecule has 29 heavy (non-hydrogen) atoms. The number of aromatic amines is 2. The molecular weight excluding hydrogens is 436 g/mol. The van der Waals surface area contributed by atoms with E-state index in [0.29, 0.717) is 22.3 Å². The molecule has 0 fully saturated rings. The average molecular weight is 451 g/mol. The van der Waals surface area contributed by atoms with Crippen LogP contribution in [-0.2, 0) is 11.8 Å². The Kier molecular flexibility index (Phi) is 3.85. The summed E-state index contributed by atoms with van der Waals surface area (Å²) in [6, 6.07) is 15.0. The van der Waals surface area contributed by atoms with E-state index < -0.39 is 17.2 Å². The molecule has 144 valence electrons. The Morgan fingerprint density at radius 1 is 0.966 bits per heavy atom. The van der Waals surface area contributed by atoms with Crippen LogP contribution in [0, 0.1) is 0 Å². The number of nitrogens with one attached hydrogen (secondary N) is 3. The van der Waals surface area contributed by atoms with Crippen LogP contribution in [0.5, 0.6) is 0 Å². The smallest absolute Gasteiger partial charge is 0.329 e. The van der Waals surface area contributed by atoms with Gasteiger partial charge in [-0.25, -0.2) is 4.79 Å². The Morgan fingerprint density at radius 2 is 1.69 bits per heavy atom. The van der Waals surface area contributed by atoms with Gasteiger partial charge in [-0.05, 0) is 29.3 Å². The van der Waals surface area contributed by atoms with Crippen molar-refractivity contribution < 1.29 is 4.79 Å². The minimum Gasteiger partial charge on any atom is -0.340 e. The highest BCUT2D eigenvalue weighted by molar-refractivity contribution is 9.10. The van der Waals surface area contributed by atoms with Crippen molar-refractivity contribution in [2.45, 2.75) is 5.92 Å². The predicted molar refractivity (Wildman–Crippen MR) is 114 cm³/mol. The van der Waals surface area contributed by atoms with E-state index in [2.05, 4.69) is 31.2 Å². The van der Waals surface area contributed by atoms with Gasteiger partial charge in [0.15, 0.2) is 0 Å². The van der Waals surface area contributed by atoms with Crippen molar-refractivity contribution in [2.75, 3.05) is 5.32 Å². The van der Waals surface area contributed by atoms with Crippen molar-refractivity contribution in [3.8, 4) is 11.3 Å². The zero-order chi connectivity index (χ0) is 20.3. The third-order valence-corrected chi connectivity index (χ3v) is 5.85. The molecule has 1 amide bonds. The fourth-order valence-corrected chi connectivity index (χ4v) is 4.22. The second-order valence-electron chi connectivity index (χ2n) is 6.97. The first-order valence-corrected chi connectivity index (χ1v) is 9.75. The molecular formula is C21H15BrN4O3. The Morgan fingerprint density at radius 3 is 2.45 bits per heavy atom. The second-order valence-corrected chi connectivity index (χ2v) is 7.89. The molecule has 2 aromatic heterocycles. The van der Waals surface area contributed by atoms with Gasteiger partial charge in [-0.1, -0.05) is 46.3 Å².